The Hall–Kier alpha value is -0.960. The fraction of sp³-hybridized carbons (Fsp3) is 0.500. The van der Waals surface area contributed by atoms with Crippen molar-refractivity contribution in [3.63, 3.8) is 0 Å². The molecule has 1 aliphatic heterocycles. The van der Waals surface area contributed by atoms with Crippen molar-refractivity contribution in [3.05, 3.63) is 23.2 Å². The molecule has 0 amide bonds. The van der Waals surface area contributed by atoms with E-state index < -0.39 is 16.6 Å². The zero-order chi connectivity index (χ0) is 15.6. The lowest BCUT2D eigenvalue weighted by molar-refractivity contribution is -0.0498. The molecule has 0 radical (unpaired) electrons. The van der Waals surface area contributed by atoms with E-state index in [1.807, 2.05) is 0 Å². The van der Waals surface area contributed by atoms with E-state index in [2.05, 4.69) is 10.1 Å². The van der Waals surface area contributed by atoms with E-state index in [1.165, 1.54) is 10.4 Å². The largest absolute Gasteiger partial charge is 0.433 e. The fourth-order valence-corrected chi connectivity index (χ4v) is 4.02. The summed E-state index contributed by atoms with van der Waals surface area (Å²) in [7, 11) is -3.71. The molecule has 0 aromatic heterocycles. The van der Waals surface area contributed by atoms with Gasteiger partial charge in [0.25, 0.3) is 0 Å². The van der Waals surface area contributed by atoms with Crippen LogP contribution in [0.15, 0.2) is 23.1 Å². The Kier molecular flexibility index (Phi) is 5.03. The molecule has 0 aliphatic carbocycles. The Bertz CT molecular complexity index is 609. The quantitative estimate of drug-likeness (QED) is 0.859. The predicted molar refractivity (Wildman–Crippen MR) is 74.3 cm³/mol. The van der Waals surface area contributed by atoms with Crippen LogP contribution in [0.1, 0.15) is 6.92 Å². The van der Waals surface area contributed by atoms with Crippen LogP contribution in [0.25, 0.3) is 0 Å². The maximum absolute atomic E-state index is 12.5. The summed E-state index contributed by atoms with van der Waals surface area (Å²) in [5.41, 5.74) is 0. The average molecular weight is 341 g/mol. The molecule has 1 N–H and O–H groups in total. The lowest BCUT2D eigenvalue weighted by atomic mass is 10.2. The highest BCUT2D eigenvalue weighted by Gasteiger charge is 2.33. The van der Waals surface area contributed by atoms with Gasteiger partial charge in [-0.15, -0.1) is 0 Å². The smallest absolute Gasteiger partial charge is 0.387 e. The minimum Gasteiger partial charge on any atom is -0.433 e. The molecule has 1 saturated heterocycles. The van der Waals surface area contributed by atoms with Crippen LogP contribution in [0.4, 0.5) is 8.78 Å². The molecule has 21 heavy (non-hydrogen) atoms. The molecule has 1 aromatic rings. The molecule has 118 valence electrons. The molecule has 1 heterocycles. The second kappa shape index (κ2) is 6.43. The zero-order valence-corrected chi connectivity index (χ0v) is 12.8. The Labute approximate surface area is 126 Å². The van der Waals surface area contributed by atoms with Crippen LogP contribution < -0.4 is 10.1 Å². The van der Waals surface area contributed by atoms with Gasteiger partial charge < -0.3 is 10.1 Å². The first-order valence-electron chi connectivity index (χ1n) is 6.33. The molecule has 0 saturated carbocycles. The highest BCUT2D eigenvalue weighted by molar-refractivity contribution is 7.89. The molecule has 0 unspecified atom stereocenters. The van der Waals surface area contributed by atoms with E-state index in [0.29, 0.717) is 19.6 Å². The van der Waals surface area contributed by atoms with Crippen LogP contribution in [0, 0.1) is 0 Å². The van der Waals surface area contributed by atoms with Gasteiger partial charge in [0.2, 0.25) is 10.0 Å². The van der Waals surface area contributed by atoms with Crippen molar-refractivity contribution in [2.45, 2.75) is 24.5 Å². The van der Waals surface area contributed by atoms with Gasteiger partial charge in [0.1, 0.15) is 5.75 Å². The van der Waals surface area contributed by atoms with E-state index in [1.54, 1.807) is 6.92 Å². The molecule has 0 bridgehead atoms. The number of benzene rings is 1. The van der Waals surface area contributed by atoms with Gasteiger partial charge in [-0.3, -0.25) is 0 Å². The van der Waals surface area contributed by atoms with Crippen molar-refractivity contribution in [1.29, 1.82) is 0 Å². The van der Waals surface area contributed by atoms with Crippen molar-refractivity contribution in [2.24, 2.45) is 0 Å². The van der Waals surface area contributed by atoms with Crippen LogP contribution in [0.5, 0.6) is 5.75 Å². The maximum Gasteiger partial charge on any atom is 0.387 e. The number of sulfonamides is 1. The number of nitrogens with zero attached hydrogens (tertiary/aromatic N) is 1. The molecule has 2 rings (SSSR count). The Morgan fingerprint density at radius 1 is 1.48 bits per heavy atom. The standard InChI is InChI=1S/C12H15ClF2N2O3S/c1-2-17(8-6-16-7-8)21(18,19)9-3-4-11(10(13)5-9)20-12(14)15/h3-5,8,12,16H,2,6-7H2,1H3. The van der Waals surface area contributed by atoms with E-state index in [0.717, 1.165) is 12.1 Å². The Morgan fingerprint density at radius 2 is 2.14 bits per heavy atom. The SMILES string of the molecule is CCN(C1CNC1)S(=O)(=O)c1ccc(OC(F)F)c(Cl)c1. The highest BCUT2D eigenvalue weighted by Crippen LogP contribution is 2.30. The highest BCUT2D eigenvalue weighted by atomic mass is 35.5. The third kappa shape index (κ3) is 3.45. The summed E-state index contributed by atoms with van der Waals surface area (Å²) in [5, 5.41) is 2.84. The van der Waals surface area contributed by atoms with Crippen LogP contribution in [-0.4, -0.2) is 45.0 Å². The number of hydrogen-bond donors (Lipinski definition) is 1. The van der Waals surface area contributed by atoms with Gasteiger partial charge in [-0.25, -0.2) is 8.42 Å². The second-order valence-electron chi connectivity index (χ2n) is 4.49. The topological polar surface area (TPSA) is 58.6 Å². The number of hydrogen-bond acceptors (Lipinski definition) is 4. The lowest BCUT2D eigenvalue weighted by Crippen LogP contribution is -2.58. The van der Waals surface area contributed by atoms with E-state index >= 15 is 0 Å². The van der Waals surface area contributed by atoms with E-state index in [4.69, 9.17) is 11.6 Å². The van der Waals surface area contributed by atoms with Crippen LogP contribution >= 0.6 is 11.6 Å². The molecule has 1 fully saturated rings. The normalized spacial score (nSPS) is 16.3. The van der Waals surface area contributed by atoms with Crippen molar-refractivity contribution < 1.29 is 21.9 Å². The summed E-state index contributed by atoms with van der Waals surface area (Å²) in [5.74, 6) is -0.251. The van der Waals surface area contributed by atoms with Gasteiger partial charge in [-0.1, -0.05) is 18.5 Å². The number of rotatable bonds is 6. The van der Waals surface area contributed by atoms with Crippen LogP contribution in [0.3, 0.4) is 0 Å². The number of alkyl halides is 2. The summed E-state index contributed by atoms with van der Waals surface area (Å²) in [4.78, 5) is -0.0390. The summed E-state index contributed by atoms with van der Waals surface area (Å²) in [6.07, 6.45) is 0. The molecule has 0 atom stereocenters. The summed E-state index contributed by atoms with van der Waals surface area (Å²) < 4.78 is 55.0. The molecule has 1 aliphatic rings. The third-order valence-corrected chi connectivity index (χ3v) is 5.52. The van der Waals surface area contributed by atoms with Crippen molar-refractivity contribution in [1.82, 2.24) is 9.62 Å². The fourth-order valence-electron chi connectivity index (χ4n) is 2.07. The van der Waals surface area contributed by atoms with Crippen molar-refractivity contribution in [3.8, 4) is 5.75 Å². The summed E-state index contributed by atoms with van der Waals surface area (Å²) >= 11 is 5.80. The first-order chi connectivity index (χ1) is 9.86. The predicted octanol–water partition coefficient (Wildman–Crippen LogP) is 1.92. The first kappa shape index (κ1) is 16.4. The van der Waals surface area contributed by atoms with Gasteiger partial charge in [0, 0.05) is 25.7 Å². The van der Waals surface area contributed by atoms with E-state index in [9.17, 15) is 17.2 Å². The molecule has 5 nitrogen and oxygen atoms in total. The lowest BCUT2D eigenvalue weighted by Gasteiger charge is -2.36. The van der Waals surface area contributed by atoms with Crippen LogP contribution in [0.2, 0.25) is 5.02 Å². The molecule has 9 heteroatoms. The summed E-state index contributed by atoms with van der Waals surface area (Å²) in [6.45, 7) is 0.229. The third-order valence-electron chi connectivity index (χ3n) is 3.20. The average Bonchev–Trinajstić information content (AvgIpc) is 2.35. The van der Waals surface area contributed by atoms with Crippen LogP contribution in [-0.2, 0) is 10.0 Å². The monoisotopic (exact) mass is 340 g/mol. The zero-order valence-electron chi connectivity index (χ0n) is 11.2. The van der Waals surface area contributed by atoms with Gasteiger partial charge in [-0.2, -0.15) is 13.1 Å². The van der Waals surface area contributed by atoms with Gasteiger partial charge in [0.05, 0.1) is 9.92 Å². The minimum absolute atomic E-state index is 0.0390. The van der Waals surface area contributed by atoms with Crippen molar-refractivity contribution in [2.75, 3.05) is 19.6 Å². The minimum atomic E-state index is -3.71. The molecule has 1 aromatic carbocycles. The van der Waals surface area contributed by atoms with Gasteiger partial charge in [0.15, 0.2) is 0 Å². The Morgan fingerprint density at radius 3 is 2.57 bits per heavy atom. The molecular weight excluding hydrogens is 326 g/mol. The number of nitrogens with one attached hydrogen (secondary N) is 1. The maximum atomic E-state index is 12.5. The number of halogens is 3. The van der Waals surface area contributed by atoms with Gasteiger partial charge >= 0.3 is 6.61 Å². The number of likely N-dealkylation sites (N-methyl/N-ethyl adjacent to an activating group) is 1. The van der Waals surface area contributed by atoms with Gasteiger partial charge in [-0.05, 0) is 18.2 Å². The molecule has 0 spiro atoms. The summed E-state index contributed by atoms with van der Waals surface area (Å²) in [6, 6.07) is 3.38. The second-order valence-corrected chi connectivity index (χ2v) is 6.79. The molecular formula is C12H15ClF2N2O3S. The number of ether oxygens (including phenoxy) is 1. The van der Waals surface area contributed by atoms with E-state index in [-0.39, 0.29) is 21.7 Å². The first-order valence-corrected chi connectivity index (χ1v) is 8.15. The van der Waals surface area contributed by atoms with Crippen molar-refractivity contribution >= 4 is 21.6 Å². The Balaban J connectivity index is 2.29.